The van der Waals surface area contributed by atoms with E-state index in [9.17, 15) is 13.2 Å². The number of nitrogens with zero attached hydrogens (tertiary/aromatic N) is 1. The van der Waals surface area contributed by atoms with Gasteiger partial charge in [0.1, 0.15) is 5.75 Å². The number of carbonyl (C=O) groups excluding carboxylic acids is 1. The van der Waals surface area contributed by atoms with E-state index in [1.165, 1.54) is 4.31 Å². The van der Waals surface area contributed by atoms with E-state index in [1.54, 1.807) is 24.3 Å². The minimum atomic E-state index is -3.39. The molecule has 0 aromatic heterocycles. The zero-order valence-corrected chi connectivity index (χ0v) is 18.2. The van der Waals surface area contributed by atoms with Gasteiger partial charge in [-0.3, -0.25) is 4.79 Å². The van der Waals surface area contributed by atoms with Gasteiger partial charge < -0.3 is 14.8 Å². The summed E-state index contributed by atoms with van der Waals surface area (Å²) in [5, 5.41) is 2.96. The Labute approximate surface area is 178 Å². The number of ether oxygens (including phenoxy) is 2. The summed E-state index contributed by atoms with van der Waals surface area (Å²) in [6.07, 6.45) is 0. The maximum atomic E-state index is 12.6. The maximum absolute atomic E-state index is 12.6. The van der Waals surface area contributed by atoms with Gasteiger partial charge >= 0.3 is 0 Å². The molecular formula is C22H28N2O5S. The number of rotatable bonds is 8. The van der Waals surface area contributed by atoms with E-state index in [0.29, 0.717) is 44.0 Å². The average Bonchev–Trinajstić information content (AvgIpc) is 2.75. The Hall–Kier alpha value is -2.42. The van der Waals surface area contributed by atoms with E-state index < -0.39 is 10.0 Å². The summed E-state index contributed by atoms with van der Waals surface area (Å²) < 4.78 is 37.1. The molecule has 7 nitrogen and oxygen atoms in total. The van der Waals surface area contributed by atoms with Gasteiger partial charge in [0, 0.05) is 18.7 Å². The second kappa shape index (κ2) is 10.1. The van der Waals surface area contributed by atoms with E-state index in [-0.39, 0.29) is 17.7 Å². The first-order valence-corrected chi connectivity index (χ1v) is 11.7. The van der Waals surface area contributed by atoms with Crippen LogP contribution in [0.25, 0.3) is 0 Å². The van der Waals surface area contributed by atoms with Crippen molar-refractivity contribution in [3.63, 3.8) is 0 Å². The lowest BCUT2D eigenvalue weighted by Crippen LogP contribution is -2.41. The summed E-state index contributed by atoms with van der Waals surface area (Å²) in [5.41, 5.74) is 2.11. The molecule has 0 unspecified atom stereocenters. The van der Waals surface area contributed by atoms with Crippen molar-refractivity contribution in [2.24, 2.45) is 0 Å². The first-order chi connectivity index (χ1) is 14.4. The van der Waals surface area contributed by atoms with E-state index in [4.69, 9.17) is 9.47 Å². The predicted molar refractivity (Wildman–Crippen MR) is 115 cm³/mol. The minimum absolute atomic E-state index is 0.0858. The summed E-state index contributed by atoms with van der Waals surface area (Å²) in [4.78, 5) is 12.6. The Morgan fingerprint density at radius 3 is 2.33 bits per heavy atom. The molecule has 0 saturated carbocycles. The van der Waals surface area contributed by atoms with Crippen molar-refractivity contribution in [2.75, 3.05) is 32.9 Å². The van der Waals surface area contributed by atoms with Crippen molar-refractivity contribution >= 4 is 15.9 Å². The summed E-state index contributed by atoms with van der Waals surface area (Å²) >= 11 is 0. The fourth-order valence-electron chi connectivity index (χ4n) is 3.26. The number of carbonyl (C=O) groups is 1. The fourth-order valence-corrected chi connectivity index (χ4v) is 4.76. The van der Waals surface area contributed by atoms with Crippen LogP contribution in [0, 0.1) is 0 Å². The van der Waals surface area contributed by atoms with Crippen LogP contribution >= 0.6 is 0 Å². The Morgan fingerprint density at radius 1 is 1.10 bits per heavy atom. The molecule has 1 atom stereocenters. The van der Waals surface area contributed by atoms with Gasteiger partial charge in [-0.2, -0.15) is 4.31 Å². The van der Waals surface area contributed by atoms with Crippen molar-refractivity contribution in [3.8, 4) is 5.75 Å². The molecule has 30 heavy (non-hydrogen) atoms. The Morgan fingerprint density at radius 2 is 1.73 bits per heavy atom. The van der Waals surface area contributed by atoms with E-state index in [1.807, 2.05) is 38.1 Å². The number of amides is 1. The van der Waals surface area contributed by atoms with E-state index >= 15 is 0 Å². The molecule has 3 rings (SSSR count). The predicted octanol–water partition coefficient (Wildman–Crippen LogP) is 2.74. The van der Waals surface area contributed by atoms with E-state index in [0.717, 1.165) is 11.3 Å². The van der Waals surface area contributed by atoms with Gasteiger partial charge in [-0.05, 0) is 49.2 Å². The molecule has 8 heteroatoms. The van der Waals surface area contributed by atoms with Crippen LogP contribution in [0.15, 0.2) is 48.5 Å². The Bertz CT molecular complexity index is 936. The van der Waals surface area contributed by atoms with Crippen molar-refractivity contribution in [1.29, 1.82) is 0 Å². The molecule has 162 valence electrons. The molecule has 0 aliphatic carbocycles. The third-order valence-corrected chi connectivity index (χ3v) is 6.82. The zero-order valence-electron chi connectivity index (χ0n) is 17.3. The molecule has 2 aromatic rings. The molecule has 0 radical (unpaired) electrons. The Kier molecular flexibility index (Phi) is 7.47. The topological polar surface area (TPSA) is 84.9 Å². The number of hydrogen-bond acceptors (Lipinski definition) is 5. The number of benzene rings is 2. The molecular weight excluding hydrogens is 404 g/mol. The lowest BCUT2D eigenvalue weighted by Gasteiger charge is -2.26. The minimum Gasteiger partial charge on any atom is -0.494 e. The quantitative estimate of drug-likeness (QED) is 0.693. The number of morpholine rings is 1. The summed E-state index contributed by atoms with van der Waals surface area (Å²) in [7, 11) is -3.39. The van der Waals surface area contributed by atoms with Crippen molar-refractivity contribution in [3.05, 3.63) is 65.2 Å². The van der Waals surface area contributed by atoms with Crippen LogP contribution in [0.4, 0.5) is 0 Å². The highest BCUT2D eigenvalue weighted by atomic mass is 32.2. The maximum Gasteiger partial charge on any atom is 0.251 e. The average molecular weight is 433 g/mol. The van der Waals surface area contributed by atoms with E-state index in [2.05, 4.69) is 5.32 Å². The molecule has 1 amide bonds. The number of hydrogen-bond donors (Lipinski definition) is 1. The van der Waals surface area contributed by atoms with Crippen LogP contribution in [0.5, 0.6) is 5.75 Å². The van der Waals surface area contributed by atoms with Crippen LogP contribution in [0.3, 0.4) is 0 Å². The van der Waals surface area contributed by atoms with Gasteiger partial charge in [-0.15, -0.1) is 0 Å². The lowest BCUT2D eigenvalue weighted by molar-refractivity contribution is 0.0729. The molecule has 1 saturated heterocycles. The van der Waals surface area contributed by atoms with Gasteiger partial charge in [0.2, 0.25) is 10.0 Å². The molecule has 2 aromatic carbocycles. The monoisotopic (exact) mass is 432 g/mol. The largest absolute Gasteiger partial charge is 0.494 e. The lowest BCUT2D eigenvalue weighted by atomic mass is 10.1. The SMILES string of the molecule is CCOc1ccc([C@@H](C)NC(=O)c2ccc(CS(=O)(=O)N3CCOCC3)cc2)cc1. The molecule has 1 fully saturated rings. The highest BCUT2D eigenvalue weighted by Crippen LogP contribution is 2.19. The van der Waals surface area contributed by atoms with Crippen molar-refractivity contribution in [1.82, 2.24) is 9.62 Å². The van der Waals surface area contributed by atoms with Gasteiger partial charge in [0.25, 0.3) is 5.91 Å². The fraction of sp³-hybridized carbons (Fsp3) is 0.409. The van der Waals surface area contributed by atoms with Gasteiger partial charge in [0.15, 0.2) is 0 Å². The van der Waals surface area contributed by atoms with Gasteiger partial charge in [-0.25, -0.2) is 8.42 Å². The van der Waals surface area contributed by atoms with Crippen LogP contribution in [-0.4, -0.2) is 51.5 Å². The van der Waals surface area contributed by atoms with Crippen LogP contribution < -0.4 is 10.1 Å². The second-order valence-corrected chi connectivity index (χ2v) is 9.13. The molecule has 0 bridgehead atoms. The van der Waals surface area contributed by atoms with Crippen molar-refractivity contribution < 1.29 is 22.7 Å². The van der Waals surface area contributed by atoms with Gasteiger partial charge in [0.05, 0.1) is 31.6 Å². The molecule has 0 spiro atoms. The third-order valence-electron chi connectivity index (χ3n) is 4.97. The number of sulfonamides is 1. The summed E-state index contributed by atoms with van der Waals surface area (Å²) in [6.45, 7) is 6.06. The molecule has 1 heterocycles. The third kappa shape index (κ3) is 5.81. The highest BCUT2D eigenvalue weighted by Gasteiger charge is 2.24. The molecule has 1 aliphatic rings. The van der Waals surface area contributed by atoms with Crippen LogP contribution in [0.2, 0.25) is 0 Å². The number of nitrogens with one attached hydrogen (secondary N) is 1. The van der Waals surface area contributed by atoms with Gasteiger partial charge in [-0.1, -0.05) is 24.3 Å². The normalized spacial score (nSPS) is 16.1. The smallest absolute Gasteiger partial charge is 0.251 e. The second-order valence-electron chi connectivity index (χ2n) is 7.16. The van der Waals surface area contributed by atoms with Crippen molar-refractivity contribution in [2.45, 2.75) is 25.6 Å². The first kappa shape index (κ1) is 22.3. The molecule has 1 aliphatic heterocycles. The molecule has 1 N–H and O–H groups in total. The van der Waals surface area contributed by atoms with Crippen LogP contribution in [-0.2, 0) is 20.5 Å². The first-order valence-electron chi connectivity index (χ1n) is 10.1. The zero-order chi connectivity index (χ0) is 21.6. The highest BCUT2D eigenvalue weighted by molar-refractivity contribution is 7.88. The summed E-state index contributed by atoms with van der Waals surface area (Å²) in [5.74, 6) is 0.499. The Balaban J connectivity index is 1.59. The summed E-state index contributed by atoms with van der Waals surface area (Å²) in [6, 6.07) is 14.1. The van der Waals surface area contributed by atoms with Crippen LogP contribution in [0.1, 0.15) is 41.4 Å². The standard InChI is InChI=1S/C22H28N2O5S/c1-3-29-21-10-8-19(9-11-21)17(2)23-22(25)20-6-4-18(5-7-20)16-30(26,27)24-12-14-28-15-13-24/h4-11,17H,3,12-16H2,1-2H3,(H,23,25)/t17-/m1/s1.